The van der Waals surface area contributed by atoms with E-state index in [1.165, 1.54) is 11.3 Å². The fourth-order valence-electron chi connectivity index (χ4n) is 1.79. The van der Waals surface area contributed by atoms with Gasteiger partial charge in [-0.25, -0.2) is 4.98 Å². The highest BCUT2D eigenvalue weighted by atomic mass is 32.1. The van der Waals surface area contributed by atoms with E-state index >= 15 is 0 Å². The summed E-state index contributed by atoms with van der Waals surface area (Å²) in [6, 6.07) is 0. The van der Waals surface area contributed by atoms with Gasteiger partial charge in [0.25, 0.3) is 0 Å². The number of imidazole rings is 1. The fourth-order valence-corrected chi connectivity index (χ4v) is 2.51. The highest BCUT2D eigenvalue weighted by molar-refractivity contribution is 7.15. The highest BCUT2D eigenvalue weighted by Crippen LogP contribution is 2.12. The first-order valence-electron chi connectivity index (χ1n) is 6.39. The van der Waals surface area contributed by atoms with Crippen LogP contribution in [0.15, 0.2) is 17.8 Å². The molecule has 110 valence electrons. The molecule has 1 unspecified atom stereocenters. The van der Waals surface area contributed by atoms with Crippen molar-refractivity contribution >= 4 is 22.2 Å². The van der Waals surface area contributed by atoms with Crippen molar-refractivity contribution in [2.75, 3.05) is 20.3 Å². The van der Waals surface area contributed by atoms with Gasteiger partial charge in [0.1, 0.15) is 0 Å². The number of carbonyl (C=O) groups excluding carboxylic acids is 1. The van der Waals surface area contributed by atoms with Gasteiger partial charge >= 0.3 is 0 Å². The number of nitrogens with zero attached hydrogens (tertiary/aromatic N) is 2. The molecular formula is C13H19N3O3S. The molecule has 2 aromatic rings. The molecule has 0 aliphatic rings. The molecule has 0 aliphatic carbocycles. The van der Waals surface area contributed by atoms with Gasteiger partial charge in [0.15, 0.2) is 4.96 Å². The van der Waals surface area contributed by atoms with Gasteiger partial charge in [0, 0.05) is 44.5 Å². The number of carbonyl (C=O) groups is 1. The second-order valence-electron chi connectivity index (χ2n) is 5.02. The third-order valence-electron chi connectivity index (χ3n) is 3.00. The summed E-state index contributed by atoms with van der Waals surface area (Å²) >= 11 is 1.53. The molecule has 0 fully saturated rings. The number of rotatable bonds is 7. The quantitative estimate of drug-likeness (QED) is 0.794. The normalized spacial score (nSPS) is 14.3. The summed E-state index contributed by atoms with van der Waals surface area (Å²) < 4.78 is 6.81. The number of aromatic nitrogens is 2. The van der Waals surface area contributed by atoms with Crippen LogP contribution in [-0.2, 0) is 16.0 Å². The van der Waals surface area contributed by atoms with Crippen molar-refractivity contribution in [3.8, 4) is 0 Å². The number of hydrogen-bond acceptors (Lipinski definition) is 5. The van der Waals surface area contributed by atoms with Gasteiger partial charge in [-0.2, -0.15) is 0 Å². The molecule has 0 radical (unpaired) electrons. The van der Waals surface area contributed by atoms with Crippen LogP contribution in [0.4, 0.5) is 0 Å². The molecule has 0 saturated heterocycles. The maximum Gasteiger partial charge on any atom is 0.226 e. The van der Waals surface area contributed by atoms with Gasteiger partial charge in [0.2, 0.25) is 5.91 Å². The first kappa shape index (κ1) is 15.0. The SMILES string of the molecule is COCCC(C)(O)CNC(=O)Cc1cn2ccsc2n1. The smallest absolute Gasteiger partial charge is 0.226 e. The van der Waals surface area contributed by atoms with Crippen LogP contribution in [0.1, 0.15) is 19.0 Å². The highest BCUT2D eigenvalue weighted by Gasteiger charge is 2.21. The first-order valence-corrected chi connectivity index (χ1v) is 7.27. The first-order chi connectivity index (χ1) is 9.50. The molecule has 0 saturated carbocycles. The monoisotopic (exact) mass is 297 g/mol. The van der Waals surface area contributed by atoms with Crippen molar-refractivity contribution in [2.45, 2.75) is 25.4 Å². The summed E-state index contributed by atoms with van der Waals surface area (Å²) in [5.74, 6) is -0.145. The van der Waals surface area contributed by atoms with Crippen molar-refractivity contribution < 1.29 is 14.6 Å². The topological polar surface area (TPSA) is 75.9 Å². The van der Waals surface area contributed by atoms with E-state index in [4.69, 9.17) is 4.74 Å². The Balaban J connectivity index is 1.82. The molecule has 2 rings (SSSR count). The predicted octanol–water partition coefficient (Wildman–Crippen LogP) is 0.842. The zero-order valence-electron chi connectivity index (χ0n) is 11.6. The minimum absolute atomic E-state index is 0.145. The maximum absolute atomic E-state index is 11.8. The zero-order chi connectivity index (χ0) is 14.6. The molecule has 20 heavy (non-hydrogen) atoms. The van der Waals surface area contributed by atoms with Gasteiger partial charge in [-0.15, -0.1) is 11.3 Å². The lowest BCUT2D eigenvalue weighted by atomic mass is 10.0. The Morgan fingerprint density at radius 1 is 1.65 bits per heavy atom. The summed E-state index contributed by atoms with van der Waals surface area (Å²) in [7, 11) is 1.58. The Hall–Kier alpha value is -1.44. The van der Waals surface area contributed by atoms with E-state index in [9.17, 15) is 9.90 Å². The molecule has 6 nitrogen and oxygen atoms in total. The van der Waals surface area contributed by atoms with Crippen molar-refractivity contribution in [2.24, 2.45) is 0 Å². The lowest BCUT2D eigenvalue weighted by Crippen LogP contribution is -2.41. The Morgan fingerprint density at radius 2 is 2.45 bits per heavy atom. The maximum atomic E-state index is 11.8. The van der Waals surface area contributed by atoms with Crippen molar-refractivity contribution in [3.63, 3.8) is 0 Å². The third-order valence-corrected chi connectivity index (χ3v) is 3.77. The number of methoxy groups -OCH3 is 1. The van der Waals surface area contributed by atoms with Crippen LogP contribution in [0.3, 0.4) is 0 Å². The second kappa shape index (κ2) is 6.34. The predicted molar refractivity (Wildman–Crippen MR) is 76.9 cm³/mol. The molecule has 0 spiro atoms. The van der Waals surface area contributed by atoms with E-state index in [1.54, 1.807) is 14.0 Å². The summed E-state index contributed by atoms with van der Waals surface area (Å²) in [6.07, 6.45) is 4.44. The van der Waals surface area contributed by atoms with Crippen molar-refractivity contribution in [1.29, 1.82) is 0 Å². The Bertz CT molecular complexity index is 548. The summed E-state index contributed by atoms with van der Waals surface area (Å²) in [5, 5.41) is 14.7. The average molecular weight is 297 g/mol. The van der Waals surface area contributed by atoms with Crippen LogP contribution >= 0.6 is 11.3 Å². The Kier molecular flexibility index (Phi) is 4.74. The van der Waals surface area contributed by atoms with E-state index in [2.05, 4.69) is 10.3 Å². The minimum Gasteiger partial charge on any atom is -0.388 e. The van der Waals surface area contributed by atoms with Crippen LogP contribution in [0.25, 0.3) is 4.96 Å². The van der Waals surface area contributed by atoms with Gasteiger partial charge in [-0.05, 0) is 6.92 Å². The molecular weight excluding hydrogens is 278 g/mol. The third kappa shape index (κ3) is 4.03. The van der Waals surface area contributed by atoms with Gasteiger partial charge < -0.3 is 15.2 Å². The largest absolute Gasteiger partial charge is 0.388 e. The van der Waals surface area contributed by atoms with E-state index in [-0.39, 0.29) is 18.9 Å². The van der Waals surface area contributed by atoms with Crippen LogP contribution in [-0.4, -0.2) is 46.3 Å². The van der Waals surface area contributed by atoms with E-state index in [1.807, 2.05) is 22.2 Å². The molecule has 1 atom stereocenters. The molecule has 0 aromatic carbocycles. The second-order valence-corrected chi connectivity index (χ2v) is 5.89. The standard InChI is InChI=1S/C13H19N3O3S/c1-13(18,3-5-19-2)9-14-11(17)7-10-8-16-4-6-20-12(16)15-10/h4,6,8,18H,3,5,7,9H2,1-2H3,(H,14,17). The van der Waals surface area contributed by atoms with Crippen LogP contribution in [0.2, 0.25) is 0 Å². The van der Waals surface area contributed by atoms with Crippen LogP contribution < -0.4 is 5.32 Å². The van der Waals surface area contributed by atoms with Crippen molar-refractivity contribution in [1.82, 2.24) is 14.7 Å². The molecule has 2 heterocycles. The van der Waals surface area contributed by atoms with E-state index < -0.39 is 5.60 Å². The van der Waals surface area contributed by atoms with E-state index in [0.717, 1.165) is 10.7 Å². The molecule has 7 heteroatoms. The number of ether oxygens (including phenoxy) is 1. The van der Waals surface area contributed by atoms with Gasteiger partial charge in [0.05, 0.1) is 17.7 Å². The number of thiazole rings is 1. The van der Waals surface area contributed by atoms with E-state index in [0.29, 0.717) is 13.0 Å². The van der Waals surface area contributed by atoms with Gasteiger partial charge in [-0.3, -0.25) is 9.20 Å². The minimum atomic E-state index is -0.958. The number of fused-ring (bicyclic) bond motifs is 1. The van der Waals surface area contributed by atoms with Crippen LogP contribution in [0.5, 0.6) is 0 Å². The zero-order valence-corrected chi connectivity index (χ0v) is 12.4. The lowest BCUT2D eigenvalue weighted by Gasteiger charge is -2.23. The summed E-state index contributed by atoms with van der Waals surface area (Å²) in [6.45, 7) is 2.34. The molecule has 0 aliphatic heterocycles. The Morgan fingerprint density at radius 3 is 3.15 bits per heavy atom. The van der Waals surface area contributed by atoms with Crippen LogP contribution in [0, 0.1) is 0 Å². The number of nitrogens with one attached hydrogen (secondary N) is 1. The fraction of sp³-hybridized carbons (Fsp3) is 0.538. The molecule has 2 N–H and O–H groups in total. The number of amides is 1. The number of hydrogen-bond donors (Lipinski definition) is 2. The molecule has 0 bridgehead atoms. The molecule has 2 aromatic heterocycles. The van der Waals surface area contributed by atoms with Crippen molar-refractivity contribution in [3.05, 3.63) is 23.5 Å². The molecule has 1 amide bonds. The Labute approximate surface area is 121 Å². The lowest BCUT2D eigenvalue weighted by molar-refractivity contribution is -0.121. The number of aliphatic hydroxyl groups is 1. The summed E-state index contributed by atoms with van der Waals surface area (Å²) in [5.41, 5.74) is -0.230. The average Bonchev–Trinajstić information content (AvgIpc) is 2.95. The van der Waals surface area contributed by atoms with Gasteiger partial charge in [-0.1, -0.05) is 0 Å². The summed E-state index contributed by atoms with van der Waals surface area (Å²) in [4.78, 5) is 17.1.